The van der Waals surface area contributed by atoms with Crippen molar-refractivity contribution in [3.63, 3.8) is 0 Å². The van der Waals surface area contributed by atoms with Crippen LogP contribution in [-0.2, 0) is 16.0 Å². The van der Waals surface area contributed by atoms with Gasteiger partial charge in [-0.25, -0.2) is 0 Å². The molecule has 0 spiro atoms. The Labute approximate surface area is 159 Å². The van der Waals surface area contributed by atoms with Gasteiger partial charge < -0.3 is 19.7 Å². The molecule has 2 amide bonds. The first-order valence-corrected chi connectivity index (χ1v) is 8.98. The van der Waals surface area contributed by atoms with Crippen LogP contribution >= 0.6 is 0 Å². The highest BCUT2D eigenvalue weighted by Crippen LogP contribution is 2.31. The molecule has 1 aliphatic heterocycles. The molecule has 1 heterocycles. The van der Waals surface area contributed by atoms with Crippen molar-refractivity contribution in [2.24, 2.45) is 5.92 Å². The van der Waals surface area contributed by atoms with Crippen LogP contribution in [0.15, 0.2) is 42.5 Å². The molecule has 1 saturated heterocycles. The number of anilines is 2. The Morgan fingerprint density at radius 3 is 2.52 bits per heavy atom. The van der Waals surface area contributed by atoms with Gasteiger partial charge in [0.2, 0.25) is 11.8 Å². The first-order chi connectivity index (χ1) is 13.0. The molecule has 6 heteroatoms. The van der Waals surface area contributed by atoms with E-state index in [0.29, 0.717) is 23.7 Å². The van der Waals surface area contributed by atoms with E-state index in [2.05, 4.69) is 12.2 Å². The second-order valence-electron chi connectivity index (χ2n) is 6.48. The maximum atomic E-state index is 12.7. The van der Waals surface area contributed by atoms with Gasteiger partial charge in [-0.15, -0.1) is 0 Å². The van der Waals surface area contributed by atoms with Gasteiger partial charge in [-0.05, 0) is 36.2 Å². The molecular weight excluding hydrogens is 344 g/mol. The summed E-state index contributed by atoms with van der Waals surface area (Å²) in [5.74, 6) is 0.491. The zero-order valence-corrected chi connectivity index (χ0v) is 15.8. The number of nitrogens with zero attached hydrogens (tertiary/aromatic N) is 1. The molecule has 0 unspecified atom stereocenters. The summed E-state index contributed by atoms with van der Waals surface area (Å²) < 4.78 is 10.5. The summed E-state index contributed by atoms with van der Waals surface area (Å²) in [7, 11) is 3.10. The van der Waals surface area contributed by atoms with E-state index in [9.17, 15) is 9.59 Å². The molecule has 142 valence electrons. The highest BCUT2D eigenvalue weighted by Gasteiger charge is 2.35. The molecule has 2 aromatic rings. The van der Waals surface area contributed by atoms with Crippen molar-refractivity contribution in [2.45, 2.75) is 19.8 Å². The third kappa shape index (κ3) is 4.05. The van der Waals surface area contributed by atoms with Gasteiger partial charge in [0, 0.05) is 24.7 Å². The average Bonchev–Trinajstić information content (AvgIpc) is 3.09. The van der Waals surface area contributed by atoms with Crippen LogP contribution in [0.25, 0.3) is 0 Å². The molecule has 1 fully saturated rings. The second kappa shape index (κ2) is 8.12. The minimum absolute atomic E-state index is 0.0444. The van der Waals surface area contributed by atoms with Crippen LogP contribution in [0.3, 0.4) is 0 Å². The zero-order chi connectivity index (χ0) is 19.4. The van der Waals surface area contributed by atoms with E-state index in [1.54, 1.807) is 30.2 Å². The van der Waals surface area contributed by atoms with Crippen LogP contribution in [0.4, 0.5) is 11.4 Å². The summed E-state index contributed by atoms with van der Waals surface area (Å²) in [6.07, 6.45) is 1.13. The first kappa shape index (κ1) is 18.8. The molecule has 0 saturated carbocycles. The van der Waals surface area contributed by atoms with Gasteiger partial charge in [0.15, 0.2) is 0 Å². The quantitative estimate of drug-likeness (QED) is 0.850. The number of methoxy groups -OCH3 is 2. The summed E-state index contributed by atoms with van der Waals surface area (Å²) in [5, 5.41) is 2.87. The molecular formula is C21H24N2O4. The Hall–Kier alpha value is -3.02. The largest absolute Gasteiger partial charge is 0.497 e. The second-order valence-corrected chi connectivity index (χ2v) is 6.48. The van der Waals surface area contributed by atoms with Crippen LogP contribution < -0.4 is 19.7 Å². The fourth-order valence-electron chi connectivity index (χ4n) is 3.19. The summed E-state index contributed by atoms with van der Waals surface area (Å²) in [6, 6.07) is 13.1. The number of nitrogens with one attached hydrogen (secondary N) is 1. The van der Waals surface area contributed by atoms with Crippen LogP contribution in [0.2, 0.25) is 0 Å². The molecule has 0 radical (unpaired) electrons. The highest BCUT2D eigenvalue weighted by molar-refractivity contribution is 6.04. The molecule has 0 bridgehead atoms. The van der Waals surface area contributed by atoms with Crippen LogP contribution in [0.5, 0.6) is 11.5 Å². The Bertz CT molecular complexity index is 833. The lowest BCUT2D eigenvalue weighted by molar-refractivity contribution is -0.122. The lowest BCUT2D eigenvalue weighted by atomic mass is 10.1. The Morgan fingerprint density at radius 1 is 1.15 bits per heavy atom. The van der Waals surface area contributed by atoms with E-state index in [4.69, 9.17) is 9.47 Å². The number of ether oxygens (including phenoxy) is 2. The number of benzene rings is 2. The number of rotatable bonds is 6. The van der Waals surface area contributed by atoms with Crippen molar-refractivity contribution in [2.75, 3.05) is 31.0 Å². The molecule has 0 aliphatic carbocycles. The number of hydrogen-bond acceptors (Lipinski definition) is 4. The summed E-state index contributed by atoms with van der Waals surface area (Å²) >= 11 is 0. The van der Waals surface area contributed by atoms with Gasteiger partial charge in [-0.3, -0.25) is 9.59 Å². The number of hydrogen-bond donors (Lipinski definition) is 1. The lowest BCUT2D eigenvalue weighted by Gasteiger charge is -2.17. The predicted octanol–water partition coefficient (Wildman–Crippen LogP) is 3.26. The minimum atomic E-state index is -0.417. The zero-order valence-electron chi connectivity index (χ0n) is 15.8. The lowest BCUT2D eigenvalue weighted by Crippen LogP contribution is -2.28. The number of carbonyl (C=O) groups excluding carboxylic acids is 2. The molecule has 27 heavy (non-hydrogen) atoms. The van der Waals surface area contributed by atoms with Gasteiger partial charge in [0.1, 0.15) is 11.5 Å². The van der Waals surface area contributed by atoms with Crippen molar-refractivity contribution < 1.29 is 19.1 Å². The standard InChI is InChI=1S/C21H24N2O4/c1-4-14-5-7-16(8-6-14)23-13-15(11-20(23)24)21(25)22-18-12-17(26-2)9-10-19(18)27-3/h5-10,12,15H,4,11,13H2,1-3H3,(H,22,25)/t15-/m0/s1. The molecule has 2 aromatic carbocycles. The highest BCUT2D eigenvalue weighted by atomic mass is 16.5. The molecule has 6 nitrogen and oxygen atoms in total. The van der Waals surface area contributed by atoms with Crippen molar-refractivity contribution in [1.29, 1.82) is 0 Å². The van der Waals surface area contributed by atoms with Gasteiger partial charge in [0.25, 0.3) is 0 Å². The van der Waals surface area contributed by atoms with Gasteiger partial charge in [-0.2, -0.15) is 0 Å². The van der Waals surface area contributed by atoms with E-state index in [0.717, 1.165) is 12.1 Å². The van der Waals surface area contributed by atoms with Crippen molar-refractivity contribution >= 4 is 23.2 Å². The predicted molar refractivity (Wildman–Crippen MR) is 104 cm³/mol. The Kier molecular flexibility index (Phi) is 5.64. The van der Waals surface area contributed by atoms with Gasteiger partial charge in [-0.1, -0.05) is 19.1 Å². The van der Waals surface area contributed by atoms with Crippen molar-refractivity contribution in [1.82, 2.24) is 0 Å². The van der Waals surface area contributed by atoms with E-state index < -0.39 is 5.92 Å². The monoisotopic (exact) mass is 368 g/mol. The smallest absolute Gasteiger partial charge is 0.229 e. The van der Waals surface area contributed by atoms with Crippen LogP contribution in [0, 0.1) is 5.92 Å². The van der Waals surface area contributed by atoms with Gasteiger partial charge >= 0.3 is 0 Å². The van der Waals surface area contributed by atoms with E-state index in [-0.39, 0.29) is 18.2 Å². The molecule has 3 rings (SSSR count). The third-order valence-corrected chi connectivity index (χ3v) is 4.82. The van der Waals surface area contributed by atoms with Crippen molar-refractivity contribution in [3.05, 3.63) is 48.0 Å². The normalized spacial score (nSPS) is 16.3. The molecule has 1 atom stereocenters. The average molecular weight is 368 g/mol. The SMILES string of the molecule is CCc1ccc(N2C[C@@H](C(=O)Nc3cc(OC)ccc3OC)CC2=O)cc1. The third-order valence-electron chi connectivity index (χ3n) is 4.82. The maximum absolute atomic E-state index is 12.7. The fourth-order valence-corrected chi connectivity index (χ4v) is 3.19. The van der Waals surface area contributed by atoms with Gasteiger partial charge in [0.05, 0.1) is 25.8 Å². The molecule has 1 aliphatic rings. The first-order valence-electron chi connectivity index (χ1n) is 8.98. The Morgan fingerprint density at radius 2 is 1.89 bits per heavy atom. The number of amides is 2. The summed E-state index contributed by atoms with van der Waals surface area (Å²) in [4.78, 5) is 26.8. The summed E-state index contributed by atoms with van der Waals surface area (Å²) in [6.45, 7) is 2.45. The van der Waals surface area contributed by atoms with Crippen molar-refractivity contribution in [3.8, 4) is 11.5 Å². The van der Waals surface area contributed by atoms with E-state index >= 15 is 0 Å². The van der Waals surface area contributed by atoms with E-state index in [1.165, 1.54) is 12.7 Å². The number of carbonyl (C=O) groups is 2. The minimum Gasteiger partial charge on any atom is -0.497 e. The Balaban J connectivity index is 1.72. The number of aryl methyl sites for hydroxylation is 1. The molecule has 1 N–H and O–H groups in total. The van der Waals surface area contributed by atoms with Crippen LogP contribution in [-0.4, -0.2) is 32.6 Å². The fraction of sp³-hybridized carbons (Fsp3) is 0.333. The van der Waals surface area contributed by atoms with Crippen LogP contribution in [0.1, 0.15) is 18.9 Å². The topological polar surface area (TPSA) is 67.9 Å². The maximum Gasteiger partial charge on any atom is 0.229 e. The molecule has 0 aromatic heterocycles. The summed E-state index contributed by atoms with van der Waals surface area (Å²) in [5.41, 5.74) is 2.57. The van der Waals surface area contributed by atoms with E-state index in [1.807, 2.05) is 24.3 Å².